The highest BCUT2D eigenvalue weighted by Gasteiger charge is 2.23. The molecule has 7 nitrogen and oxygen atoms in total. The number of carbonyl (C=O) groups is 2. The molecule has 8 heteroatoms. The van der Waals surface area contributed by atoms with E-state index in [1.54, 1.807) is 4.90 Å². The Balaban J connectivity index is 0. The van der Waals surface area contributed by atoms with E-state index in [2.05, 4.69) is 17.2 Å². The number of likely N-dealkylation sites (N-methyl/N-ethyl adjacent to an activating group) is 1. The first-order chi connectivity index (χ1) is 16.0. The molecule has 5 N–H and O–H groups in total. The average molecular weight is 504 g/mol. The Morgan fingerprint density at radius 2 is 1.24 bits per heavy atom. The van der Waals surface area contributed by atoms with E-state index in [-0.39, 0.29) is 30.2 Å². The van der Waals surface area contributed by atoms with Gasteiger partial charge in [0.1, 0.15) is 6.04 Å². The van der Waals surface area contributed by atoms with Crippen LogP contribution in [0.1, 0.15) is 124 Å². The molecule has 0 rings (SSSR count). The first-order valence-electron chi connectivity index (χ1n) is 13.6. The van der Waals surface area contributed by atoms with E-state index in [1.807, 2.05) is 13.8 Å². The summed E-state index contributed by atoms with van der Waals surface area (Å²) < 4.78 is 0. The van der Waals surface area contributed by atoms with E-state index in [0.717, 1.165) is 12.8 Å². The van der Waals surface area contributed by atoms with Gasteiger partial charge in [0.15, 0.2) is 5.96 Å². The summed E-state index contributed by atoms with van der Waals surface area (Å²) in [6, 6.07) is -0.506. The number of aliphatic imine (C=N–C) groups is 1. The molecule has 0 aliphatic carbocycles. The van der Waals surface area contributed by atoms with Crippen LogP contribution in [0.2, 0.25) is 0 Å². The molecular formula is C26H54ClN5O2. The lowest BCUT2D eigenvalue weighted by Gasteiger charge is -2.26. The van der Waals surface area contributed by atoms with Crippen LogP contribution in [0, 0.1) is 0 Å². The molecule has 2 amide bonds. The van der Waals surface area contributed by atoms with Gasteiger partial charge in [-0.3, -0.25) is 14.6 Å². The number of hydrogen-bond acceptors (Lipinski definition) is 3. The molecule has 0 saturated heterocycles. The van der Waals surface area contributed by atoms with Crippen molar-refractivity contribution in [3.8, 4) is 0 Å². The van der Waals surface area contributed by atoms with Crippen LogP contribution in [0.3, 0.4) is 0 Å². The van der Waals surface area contributed by atoms with Crippen LogP contribution < -0.4 is 16.8 Å². The summed E-state index contributed by atoms with van der Waals surface area (Å²) in [5, 5.41) is 2.96. The Kier molecular flexibility index (Phi) is 25.1. The van der Waals surface area contributed by atoms with Gasteiger partial charge in [-0.2, -0.15) is 0 Å². The molecule has 34 heavy (non-hydrogen) atoms. The summed E-state index contributed by atoms with van der Waals surface area (Å²) in [6.45, 7) is 7.89. The second kappa shape index (κ2) is 24.6. The van der Waals surface area contributed by atoms with Crippen LogP contribution in [0.4, 0.5) is 0 Å². The second-order valence-electron chi connectivity index (χ2n) is 9.07. The van der Waals surface area contributed by atoms with Crippen molar-refractivity contribution in [2.75, 3.05) is 19.6 Å². The van der Waals surface area contributed by atoms with E-state index in [4.69, 9.17) is 11.5 Å². The number of halogens is 1. The lowest BCUT2D eigenvalue weighted by Crippen LogP contribution is -2.48. The minimum absolute atomic E-state index is 0. The number of nitrogens with two attached hydrogens (primary N) is 2. The Labute approximate surface area is 215 Å². The molecule has 0 heterocycles. The molecule has 0 aliphatic heterocycles. The first-order valence-corrected chi connectivity index (χ1v) is 13.6. The molecule has 0 aromatic heterocycles. The zero-order valence-corrected chi connectivity index (χ0v) is 23.1. The number of nitrogens with one attached hydrogen (secondary N) is 1. The monoisotopic (exact) mass is 503 g/mol. The molecule has 1 atom stereocenters. The van der Waals surface area contributed by atoms with Gasteiger partial charge in [-0.15, -0.1) is 12.4 Å². The minimum Gasteiger partial charge on any atom is -0.370 e. The van der Waals surface area contributed by atoms with Gasteiger partial charge >= 0.3 is 0 Å². The zero-order chi connectivity index (χ0) is 24.7. The molecule has 0 aliphatic rings. The number of amides is 2. The summed E-state index contributed by atoms with van der Waals surface area (Å²) in [6.07, 6.45) is 18.3. The maximum absolute atomic E-state index is 12.8. The second-order valence-corrected chi connectivity index (χ2v) is 9.07. The van der Waals surface area contributed by atoms with Crippen LogP contribution >= 0.6 is 12.4 Å². The summed E-state index contributed by atoms with van der Waals surface area (Å²) in [5.74, 6) is -0.0121. The third-order valence-corrected chi connectivity index (χ3v) is 6.16. The van der Waals surface area contributed by atoms with Crippen molar-refractivity contribution in [1.29, 1.82) is 0 Å². The number of unbranched alkanes of at least 4 members (excludes halogenated alkanes) is 12. The van der Waals surface area contributed by atoms with Crippen molar-refractivity contribution in [2.45, 2.75) is 130 Å². The van der Waals surface area contributed by atoms with Crippen LogP contribution in [0.25, 0.3) is 0 Å². The predicted octanol–water partition coefficient (Wildman–Crippen LogP) is 5.30. The highest BCUT2D eigenvalue weighted by Crippen LogP contribution is 2.13. The normalized spacial score (nSPS) is 11.4. The molecule has 0 aromatic rings. The summed E-state index contributed by atoms with van der Waals surface area (Å²) >= 11 is 0. The number of hydrogen-bond donors (Lipinski definition) is 3. The van der Waals surface area contributed by atoms with E-state index in [0.29, 0.717) is 38.9 Å². The molecule has 202 valence electrons. The van der Waals surface area contributed by atoms with Gasteiger partial charge in [-0.1, -0.05) is 84.0 Å². The van der Waals surface area contributed by atoms with Crippen molar-refractivity contribution in [1.82, 2.24) is 10.2 Å². The molecule has 0 aromatic carbocycles. The SMILES string of the molecule is CCCCCCCCCCCCCCCC(=O)N[C@@H](CCCN=C(N)N)C(=O)N(CC)CC.Cl. The molecule has 0 spiro atoms. The van der Waals surface area contributed by atoms with Crippen molar-refractivity contribution in [2.24, 2.45) is 16.5 Å². The van der Waals surface area contributed by atoms with Gasteiger partial charge < -0.3 is 21.7 Å². The van der Waals surface area contributed by atoms with Crippen molar-refractivity contribution in [3.63, 3.8) is 0 Å². The van der Waals surface area contributed by atoms with Crippen LogP contribution in [-0.2, 0) is 9.59 Å². The quantitative estimate of drug-likeness (QED) is 0.106. The third kappa shape index (κ3) is 19.9. The summed E-state index contributed by atoms with van der Waals surface area (Å²) in [7, 11) is 0. The minimum atomic E-state index is -0.506. The van der Waals surface area contributed by atoms with Crippen molar-refractivity contribution < 1.29 is 9.59 Å². The number of guanidine groups is 1. The van der Waals surface area contributed by atoms with E-state index in [9.17, 15) is 9.59 Å². The van der Waals surface area contributed by atoms with E-state index < -0.39 is 6.04 Å². The fourth-order valence-corrected chi connectivity index (χ4v) is 4.09. The predicted molar refractivity (Wildman–Crippen MR) is 147 cm³/mol. The van der Waals surface area contributed by atoms with Crippen molar-refractivity contribution >= 4 is 30.2 Å². The first kappa shape index (κ1) is 34.7. The Bertz CT molecular complexity index is 523. The fraction of sp³-hybridized carbons (Fsp3) is 0.885. The van der Waals surface area contributed by atoms with Crippen LogP contribution in [0.5, 0.6) is 0 Å². The molecule has 0 fully saturated rings. The lowest BCUT2D eigenvalue weighted by atomic mass is 10.0. The smallest absolute Gasteiger partial charge is 0.245 e. The highest BCUT2D eigenvalue weighted by atomic mass is 35.5. The number of carbonyl (C=O) groups excluding carboxylic acids is 2. The average Bonchev–Trinajstić information content (AvgIpc) is 2.79. The Morgan fingerprint density at radius 1 is 0.765 bits per heavy atom. The zero-order valence-electron chi connectivity index (χ0n) is 22.3. The molecular weight excluding hydrogens is 450 g/mol. The van der Waals surface area contributed by atoms with E-state index in [1.165, 1.54) is 70.6 Å². The van der Waals surface area contributed by atoms with Gasteiger partial charge in [0.05, 0.1) is 0 Å². The molecule has 0 unspecified atom stereocenters. The van der Waals surface area contributed by atoms with Gasteiger partial charge in [-0.25, -0.2) is 0 Å². The number of rotatable bonds is 22. The van der Waals surface area contributed by atoms with Gasteiger partial charge in [0, 0.05) is 26.1 Å². The van der Waals surface area contributed by atoms with Crippen LogP contribution in [0.15, 0.2) is 4.99 Å². The van der Waals surface area contributed by atoms with Gasteiger partial charge in [0.2, 0.25) is 11.8 Å². The molecule has 0 radical (unpaired) electrons. The lowest BCUT2D eigenvalue weighted by molar-refractivity contribution is -0.136. The summed E-state index contributed by atoms with van der Waals surface area (Å²) in [4.78, 5) is 31.0. The fourth-order valence-electron chi connectivity index (χ4n) is 4.09. The van der Waals surface area contributed by atoms with Crippen molar-refractivity contribution in [3.05, 3.63) is 0 Å². The van der Waals surface area contributed by atoms with E-state index >= 15 is 0 Å². The standard InChI is InChI=1S/C26H53N5O2.ClH/c1-4-7-8-9-10-11-12-13-14-15-16-17-18-21-24(32)30-23(20-19-22-29-26(27)28)25(33)31(5-2)6-3;/h23H,4-22H2,1-3H3,(H,30,32)(H4,27,28,29);1H/t23-;/m0./s1. The topological polar surface area (TPSA) is 114 Å². The van der Waals surface area contributed by atoms with Gasteiger partial charge in [-0.05, 0) is 33.1 Å². The maximum Gasteiger partial charge on any atom is 0.245 e. The number of nitrogens with zero attached hydrogens (tertiary/aromatic N) is 2. The Morgan fingerprint density at radius 3 is 1.68 bits per heavy atom. The largest absolute Gasteiger partial charge is 0.370 e. The Hall–Kier alpha value is -1.50. The van der Waals surface area contributed by atoms with Gasteiger partial charge in [0.25, 0.3) is 0 Å². The summed E-state index contributed by atoms with van der Waals surface area (Å²) in [5.41, 5.74) is 10.7. The molecule has 0 saturated carbocycles. The molecule has 0 bridgehead atoms. The highest BCUT2D eigenvalue weighted by molar-refractivity contribution is 5.87. The van der Waals surface area contributed by atoms with Crippen LogP contribution in [-0.4, -0.2) is 48.3 Å². The maximum atomic E-state index is 12.8. The third-order valence-electron chi connectivity index (χ3n) is 6.16.